The average Bonchev–Trinajstić information content (AvgIpc) is 1.52. The quantitative estimate of drug-likeness (QED) is 0.138. The minimum absolute atomic E-state index is 0.0664. The minimum Gasteiger partial charge on any atom is -0.536 e. The molecule has 0 saturated heterocycles. The summed E-state index contributed by atoms with van der Waals surface area (Å²) in [6, 6.07) is 174. The highest BCUT2D eigenvalue weighted by atomic mass is 16.5. The predicted octanol–water partition coefficient (Wildman–Crippen LogP) is 31.3. The molecule has 0 unspecified atom stereocenters. The zero-order chi connectivity index (χ0) is 94.2. The first kappa shape index (κ1) is 81.8. The smallest absolute Gasteiger partial charge is 0.524 e. The highest BCUT2D eigenvalue weighted by Gasteiger charge is 2.49. The van der Waals surface area contributed by atoms with E-state index < -0.39 is 0 Å². The van der Waals surface area contributed by atoms with E-state index in [1.165, 1.54) is 177 Å². The van der Waals surface area contributed by atoms with Gasteiger partial charge < -0.3 is 52.1 Å². The second-order valence-electron chi connectivity index (χ2n) is 38.4. The first-order valence-corrected chi connectivity index (χ1v) is 49.1. The Morgan fingerprint density at radius 2 is 0.497 bits per heavy atom. The Morgan fingerprint density at radius 1 is 0.189 bits per heavy atom. The van der Waals surface area contributed by atoms with E-state index in [-0.39, 0.29) is 26.6 Å². The topological polar surface area (TPSA) is 63.0 Å². The molecule has 31 rings (SSSR count). The molecule has 0 aliphatic carbocycles. The van der Waals surface area contributed by atoms with Crippen molar-refractivity contribution in [3.05, 3.63) is 496 Å². The molecule has 0 N–H and O–H groups in total. The summed E-state index contributed by atoms with van der Waals surface area (Å²) in [6.07, 6.45) is 0. The first-order valence-electron chi connectivity index (χ1n) is 49.1. The number of ether oxygens (including phenoxy) is 1. The summed E-state index contributed by atoms with van der Waals surface area (Å²) in [7, 11) is -0.532. The van der Waals surface area contributed by atoms with Crippen molar-refractivity contribution in [3.8, 4) is 118 Å². The summed E-state index contributed by atoms with van der Waals surface area (Å²) in [5.41, 5.74) is 43.8. The number of fused-ring (bicyclic) bond motifs is 34. The van der Waals surface area contributed by atoms with Crippen LogP contribution in [-0.4, -0.2) is 30.3 Å². The van der Waals surface area contributed by atoms with Gasteiger partial charge in [-0.2, -0.15) is 0 Å². The number of benzene rings is 21. The molecule has 8 aliphatic heterocycles. The van der Waals surface area contributed by atoms with Crippen LogP contribution in [0.1, 0.15) is 25.0 Å². The van der Waals surface area contributed by atoms with Gasteiger partial charge in [0.15, 0.2) is 11.5 Å². The van der Waals surface area contributed by atoms with Crippen molar-refractivity contribution < 1.29 is 18.7 Å². The van der Waals surface area contributed by atoms with Gasteiger partial charge in [-0.25, -0.2) is 0 Å². The number of rotatable bonds is 8. The lowest BCUT2D eigenvalue weighted by Crippen LogP contribution is -2.50. The maximum absolute atomic E-state index is 6.60. The molecule has 23 aromatic rings. The lowest BCUT2D eigenvalue weighted by molar-refractivity contribution is 0.477. The Labute approximate surface area is 829 Å². The molecule has 11 nitrogen and oxygen atoms in total. The number of anilines is 12. The van der Waals surface area contributed by atoms with Crippen molar-refractivity contribution >= 4 is 149 Å². The number of aromatic nitrogens is 2. The van der Waals surface area contributed by atoms with Crippen LogP contribution < -0.4 is 59.3 Å². The number of hydrogen-bond acceptors (Lipinski definition) is 9. The summed E-state index contributed by atoms with van der Waals surface area (Å²) in [6.45, 7) is 4.65. The van der Waals surface area contributed by atoms with Crippen molar-refractivity contribution in [1.82, 2.24) is 9.13 Å². The van der Waals surface area contributed by atoms with Gasteiger partial charge in [-0.3, -0.25) is 0 Å². The third-order valence-corrected chi connectivity index (χ3v) is 30.2. The van der Waals surface area contributed by atoms with Crippen LogP contribution >= 0.6 is 0 Å². The molecule has 143 heavy (non-hydrogen) atoms. The van der Waals surface area contributed by atoms with Crippen LogP contribution in [0.4, 0.5) is 68.2 Å². The van der Waals surface area contributed by atoms with Crippen LogP contribution in [0.25, 0.3) is 133 Å². The Morgan fingerprint density at radius 3 is 0.937 bits per heavy atom. The lowest BCUT2D eigenvalue weighted by atomic mass is 9.64. The molecule has 0 amide bonds. The summed E-state index contributed by atoms with van der Waals surface area (Å²) in [4.78, 5) is 11.7. The molecular weight excluding hydrogens is 1740 g/mol. The molecule has 8 aliphatic rings. The van der Waals surface area contributed by atoms with Gasteiger partial charge >= 0.3 is 21.2 Å². The summed E-state index contributed by atoms with van der Waals surface area (Å²) < 4.78 is 30.6. The first-order chi connectivity index (χ1) is 70.7. The minimum atomic E-state index is -0.197. The largest absolute Gasteiger partial charge is 0.536 e. The highest BCUT2D eigenvalue weighted by molar-refractivity contribution is 6.78. The van der Waals surface area contributed by atoms with Gasteiger partial charge in [0.1, 0.15) is 17.2 Å². The molecule has 0 bridgehead atoms. The second-order valence-corrected chi connectivity index (χ2v) is 38.4. The zero-order valence-electron chi connectivity index (χ0n) is 78.2. The number of hydrogen-bond donors (Lipinski definition) is 0. The highest BCUT2D eigenvalue weighted by Crippen LogP contribution is 2.57. The van der Waals surface area contributed by atoms with Crippen molar-refractivity contribution in [2.75, 3.05) is 24.2 Å². The van der Waals surface area contributed by atoms with Gasteiger partial charge in [0.2, 0.25) is 0 Å². The maximum Gasteiger partial charge on any atom is 0.524 e. The zero-order valence-corrected chi connectivity index (χ0v) is 78.2. The third kappa shape index (κ3) is 12.9. The van der Waals surface area contributed by atoms with Gasteiger partial charge in [0.25, 0.3) is 0 Å². The Balaban J connectivity index is 0.000000105. The number of para-hydroxylation sites is 18. The summed E-state index contributed by atoms with van der Waals surface area (Å²) in [5.74, 6) is 4.48. The van der Waals surface area contributed by atoms with Crippen molar-refractivity contribution in [1.29, 1.82) is 0 Å². The van der Waals surface area contributed by atoms with Crippen LogP contribution in [-0.2, 0) is 5.41 Å². The van der Waals surface area contributed by atoms with E-state index >= 15 is 0 Å². The summed E-state index contributed by atoms with van der Waals surface area (Å²) >= 11 is 0. The maximum atomic E-state index is 6.60. The Kier molecular flexibility index (Phi) is 18.5. The molecular formula is C129H86B3N7O4. The standard InChI is InChI=1S/C54H34BN3O.C39H29BN2O.C36H23BN2O2/c1-3-16-39(17-4-1)56-48-22-9-7-21-42(48)45-33-53-46(34-52(45)56)44-32-38(27-29-49(44)57(53)40-18-5-2-6-19-40)36-15-13-14-35(30-36)37-26-28-47-43(31-37)41-20-8-10-23-50(41)58-51-24-11-12-25-54(51)59-55(47)58;1-39(2)31-12-4-7-15-35(31)41(36-16-8-5-13-32(36)39)28-22-19-26(20-23-28)27-21-24-33-30(25-27)29-11-3-6-14-34(29)42-37-17-9-10-18-38(37)43-40(33)42;1-2-10-30-27(9-1)28-23-25(19-22-29(28)37-39(30)33-13-5-8-16-36(33)41-37)24-17-20-26(21-18-24)38-31-11-3-6-14-34(31)40-35-15-7-4-12-32(35)38/h1-34H;3-25H,1-2H3;1-23H. The van der Waals surface area contributed by atoms with E-state index in [9.17, 15) is 0 Å². The van der Waals surface area contributed by atoms with Crippen molar-refractivity contribution in [2.24, 2.45) is 0 Å². The van der Waals surface area contributed by atoms with Crippen LogP contribution in [0.5, 0.6) is 28.7 Å². The average molecular weight is 1830 g/mol. The van der Waals surface area contributed by atoms with Crippen LogP contribution in [0.2, 0.25) is 0 Å². The SMILES string of the molecule is CC1(C)c2ccccc2N(c2ccc(-c3ccc4c(c3)-c3ccccc3N3B4Oc4ccccc43)cc2)c2ccccc21.c1ccc(-n2c3ccccc3c3cc4c(cc32)c2cc(-c3cccc(-c5ccc6c(c5)-c5ccccc5N5B6Oc6ccccc65)c3)ccc2n4-c2ccccc2)cc1.c1ccc2c(c1)OB1c3ccc(-c4ccc(N5c6ccccc6Oc6ccccc65)cc4)cc3-c3ccccc3N12. The van der Waals surface area contributed by atoms with Gasteiger partial charge in [0, 0.05) is 83.5 Å². The van der Waals surface area contributed by atoms with Gasteiger partial charge in [-0.1, -0.05) is 305 Å². The predicted molar refractivity (Wildman–Crippen MR) is 591 cm³/mol. The van der Waals surface area contributed by atoms with E-state index in [4.69, 9.17) is 18.7 Å². The molecule has 0 atom stereocenters. The molecule has 0 radical (unpaired) electrons. The van der Waals surface area contributed by atoms with Gasteiger partial charge in [-0.15, -0.1) is 0 Å². The lowest BCUT2D eigenvalue weighted by Gasteiger charge is -2.42. The van der Waals surface area contributed by atoms with Crippen molar-refractivity contribution in [2.45, 2.75) is 19.3 Å². The molecule has 14 heteroatoms. The fraction of sp³-hybridized carbons (Fsp3) is 0.0233. The molecule has 2 aromatic heterocycles. The summed E-state index contributed by atoms with van der Waals surface area (Å²) in [5, 5.41) is 4.95. The van der Waals surface area contributed by atoms with Crippen LogP contribution in [0.15, 0.2) is 485 Å². The Bertz CT molecular complexity index is 9090. The van der Waals surface area contributed by atoms with E-state index in [2.05, 4.69) is 490 Å². The molecule has 670 valence electrons. The van der Waals surface area contributed by atoms with Crippen LogP contribution in [0, 0.1) is 0 Å². The fourth-order valence-electron chi connectivity index (χ4n) is 23.6. The second kappa shape index (κ2) is 32.4. The molecule has 0 fully saturated rings. The molecule has 10 heterocycles. The van der Waals surface area contributed by atoms with Gasteiger partial charge in [0.05, 0.1) is 61.9 Å². The molecule has 21 aromatic carbocycles. The third-order valence-electron chi connectivity index (χ3n) is 30.2. The van der Waals surface area contributed by atoms with E-state index in [1.54, 1.807) is 0 Å². The van der Waals surface area contributed by atoms with Crippen LogP contribution in [0.3, 0.4) is 0 Å². The molecule has 0 saturated carbocycles. The fourth-order valence-corrected chi connectivity index (χ4v) is 23.6. The van der Waals surface area contributed by atoms with Crippen molar-refractivity contribution in [3.63, 3.8) is 0 Å². The molecule has 0 spiro atoms. The number of nitrogens with zero attached hydrogens (tertiary/aromatic N) is 7. The normalized spacial score (nSPS) is 13.7. The van der Waals surface area contributed by atoms with Gasteiger partial charge in [-0.05, 0) is 283 Å². The monoisotopic (exact) mass is 1830 g/mol. The van der Waals surface area contributed by atoms with E-state index in [0.29, 0.717) is 0 Å². The van der Waals surface area contributed by atoms with E-state index in [1.807, 2.05) is 42.5 Å². The van der Waals surface area contributed by atoms with E-state index in [0.717, 1.165) is 79.9 Å². The Hall–Kier alpha value is -18.4.